The number of nitrogens with zero attached hydrogens (tertiary/aromatic N) is 2. The van der Waals surface area contributed by atoms with Gasteiger partial charge in [0.15, 0.2) is 0 Å². The molecule has 3 nitrogen and oxygen atoms in total. The lowest BCUT2D eigenvalue weighted by Crippen LogP contribution is -2.47. The number of carbonyl (C=O) groups excluding carboxylic acids is 1. The van der Waals surface area contributed by atoms with Gasteiger partial charge < -0.3 is 9.80 Å². The molecule has 1 fully saturated rings. The minimum atomic E-state index is 0.171. The van der Waals surface area contributed by atoms with Gasteiger partial charge in [0.05, 0.1) is 5.75 Å². The number of amides is 1. The zero-order valence-corrected chi connectivity index (χ0v) is 17.5. The van der Waals surface area contributed by atoms with E-state index in [4.69, 9.17) is 0 Å². The highest BCUT2D eigenvalue weighted by atomic mass is 32.2. The molecular weight excluding hydrogens is 328 g/mol. The molecule has 0 unspecified atom stereocenters. The Balaban J connectivity index is 1.82. The van der Waals surface area contributed by atoms with E-state index in [1.165, 1.54) is 10.5 Å². The Morgan fingerprint density at radius 3 is 2.24 bits per heavy atom. The lowest BCUT2D eigenvalue weighted by Gasteiger charge is -2.38. The van der Waals surface area contributed by atoms with Crippen molar-refractivity contribution in [3.05, 3.63) is 29.8 Å². The van der Waals surface area contributed by atoms with E-state index in [0.29, 0.717) is 17.8 Å². The molecule has 0 radical (unpaired) electrons. The van der Waals surface area contributed by atoms with Gasteiger partial charge in [-0.15, -0.1) is 11.8 Å². The molecule has 0 aliphatic carbocycles. The number of thioether (sulfide) groups is 1. The predicted molar refractivity (Wildman–Crippen MR) is 108 cm³/mol. The Bertz CT molecular complexity index is 554. The molecule has 1 aromatic rings. The Morgan fingerprint density at radius 1 is 1.20 bits per heavy atom. The van der Waals surface area contributed by atoms with Crippen molar-refractivity contribution in [2.75, 3.05) is 25.9 Å². The van der Waals surface area contributed by atoms with Gasteiger partial charge in [0.1, 0.15) is 0 Å². The Kier molecular flexibility index (Phi) is 6.98. The van der Waals surface area contributed by atoms with Gasteiger partial charge in [-0.1, -0.05) is 32.9 Å². The van der Waals surface area contributed by atoms with Crippen molar-refractivity contribution in [3.63, 3.8) is 0 Å². The Morgan fingerprint density at radius 2 is 1.76 bits per heavy atom. The fourth-order valence-electron chi connectivity index (χ4n) is 3.29. The fraction of sp³-hybridized carbons (Fsp3) is 0.667. The van der Waals surface area contributed by atoms with Crippen LogP contribution in [0.5, 0.6) is 0 Å². The van der Waals surface area contributed by atoms with E-state index in [9.17, 15) is 4.79 Å². The lowest BCUT2D eigenvalue weighted by atomic mass is 9.87. The molecule has 1 aliphatic heterocycles. The summed E-state index contributed by atoms with van der Waals surface area (Å²) in [6.07, 6.45) is 2.18. The maximum Gasteiger partial charge on any atom is 0.232 e. The third-order valence-electron chi connectivity index (χ3n) is 5.25. The highest BCUT2D eigenvalue weighted by Gasteiger charge is 2.26. The molecule has 1 saturated heterocycles. The van der Waals surface area contributed by atoms with Gasteiger partial charge in [-0.05, 0) is 49.8 Å². The van der Waals surface area contributed by atoms with E-state index in [1.807, 2.05) is 11.9 Å². The summed E-state index contributed by atoms with van der Waals surface area (Å²) in [6.45, 7) is 13.4. The van der Waals surface area contributed by atoms with Crippen molar-refractivity contribution in [1.82, 2.24) is 9.80 Å². The number of benzene rings is 1. The standard InChI is InChI=1S/C21H34N2OS/c1-16(2)23-13-11-18(12-14-23)22(6)20(24)15-25-19-9-7-17(8-10-19)21(3,4)5/h7-10,16,18H,11-15H2,1-6H3. The van der Waals surface area contributed by atoms with Gasteiger partial charge in [0, 0.05) is 37.1 Å². The maximum atomic E-state index is 12.5. The average Bonchev–Trinajstić information content (AvgIpc) is 2.58. The summed E-state index contributed by atoms with van der Waals surface area (Å²) < 4.78 is 0. The second kappa shape index (κ2) is 8.59. The van der Waals surface area contributed by atoms with Crippen LogP contribution in [0.15, 0.2) is 29.2 Å². The molecule has 0 spiro atoms. The minimum absolute atomic E-state index is 0.171. The Labute approximate surface area is 158 Å². The van der Waals surface area contributed by atoms with Crippen LogP contribution in [-0.2, 0) is 10.2 Å². The summed E-state index contributed by atoms with van der Waals surface area (Å²) in [5.41, 5.74) is 1.50. The zero-order chi connectivity index (χ0) is 18.6. The molecule has 1 heterocycles. The monoisotopic (exact) mass is 362 g/mol. The van der Waals surface area contributed by atoms with E-state index in [0.717, 1.165) is 25.9 Å². The topological polar surface area (TPSA) is 23.6 Å². The molecule has 0 N–H and O–H groups in total. The van der Waals surface area contributed by atoms with E-state index >= 15 is 0 Å². The molecular formula is C21H34N2OS. The maximum absolute atomic E-state index is 12.5. The van der Waals surface area contributed by atoms with Crippen LogP contribution in [0.1, 0.15) is 53.0 Å². The van der Waals surface area contributed by atoms with E-state index < -0.39 is 0 Å². The van der Waals surface area contributed by atoms with Crippen LogP contribution < -0.4 is 0 Å². The first-order valence-electron chi connectivity index (χ1n) is 9.41. The molecule has 1 amide bonds. The quantitative estimate of drug-likeness (QED) is 0.725. The van der Waals surface area contributed by atoms with E-state index in [1.54, 1.807) is 11.8 Å². The molecule has 1 aliphatic rings. The van der Waals surface area contributed by atoms with E-state index in [-0.39, 0.29) is 11.3 Å². The third-order valence-corrected chi connectivity index (χ3v) is 6.25. The largest absolute Gasteiger partial charge is 0.342 e. The molecule has 0 saturated carbocycles. The highest BCUT2D eigenvalue weighted by Crippen LogP contribution is 2.26. The van der Waals surface area contributed by atoms with Gasteiger partial charge in [-0.25, -0.2) is 0 Å². The molecule has 25 heavy (non-hydrogen) atoms. The fourth-order valence-corrected chi connectivity index (χ4v) is 4.11. The highest BCUT2D eigenvalue weighted by molar-refractivity contribution is 8.00. The first kappa shape index (κ1) is 20.3. The first-order chi connectivity index (χ1) is 11.7. The number of carbonyl (C=O) groups is 1. The second-order valence-electron chi connectivity index (χ2n) is 8.43. The van der Waals surface area contributed by atoms with Crippen LogP contribution in [0.25, 0.3) is 0 Å². The van der Waals surface area contributed by atoms with Crippen molar-refractivity contribution >= 4 is 17.7 Å². The average molecular weight is 363 g/mol. The van der Waals surface area contributed by atoms with Crippen molar-refractivity contribution < 1.29 is 4.79 Å². The van der Waals surface area contributed by atoms with Crippen LogP contribution in [0.2, 0.25) is 0 Å². The first-order valence-corrected chi connectivity index (χ1v) is 10.4. The smallest absolute Gasteiger partial charge is 0.232 e. The van der Waals surface area contributed by atoms with Crippen molar-refractivity contribution in [2.45, 2.75) is 69.9 Å². The van der Waals surface area contributed by atoms with Crippen molar-refractivity contribution in [2.24, 2.45) is 0 Å². The summed E-state index contributed by atoms with van der Waals surface area (Å²) in [7, 11) is 1.97. The lowest BCUT2D eigenvalue weighted by molar-refractivity contribution is -0.130. The predicted octanol–water partition coefficient (Wildman–Crippen LogP) is 4.41. The molecule has 4 heteroatoms. The summed E-state index contributed by atoms with van der Waals surface area (Å²) in [5, 5.41) is 0. The van der Waals surface area contributed by atoms with Crippen LogP contribution >= 0.6 is 11.8 Å². The van der Waals surface area contributed by atoms with Gasteiger partial charge in [0.25, 0.3) is 0 Å². The minimum Gasteiger partial charge on any atom is -0.342 e. The van der Waals surface area contributed by atoms with Crippen molar-refractivity contribution in [1.29, 1.82) is 0 Å². The van der Waals surface area contributed by atoms with Gasteiger partial charge in [0.2, 0.25) is 5.91 Å². The summed E-state index contributed by atoms with van der Waals surface area (Å²) in [5.74, 6) is 0.767. The molecule has 0 bridgehead atoms. The number of hydrogen-bond acceptors (Lipinski definition) is 3. The summed E-state index contributed by atoms with van der Waals surface area (Å²) in [4.78, 5) is 18.2. The molecule has 2 rings (SSSR count). The van der Waals surface area contributed by atoms with Crippen LogP contribution in [0.3, 0.4) is 0 Å². The van der Waals surface area contributed by atoms with Gasteiger partial charge in [-0.2, -0.15) is 0 Å². The molecule has 0 aromatic heterocycles. The van der Waals surface area contributed by atoms with Crippen LogP contribution in [0, 0.1) is 0 Å². The number of rotatable bonds is 5. The van der Waals surface area contributed by atoms with Gasteiger partial charge >= 0.3 is 0 Å². The van der Waals surface area contributed by atoms with Gasteiger partial charge in [-0.3, -0.25) is 4.79 Å². The second-order valence-corrected chi connectivity index (χ2v) is 9.48. The van der Waals surface area contributed by atoms with Crippen molar-refractivity contribution in [3.8, 4) is 0 Å². The molecule has 0 atom stereocenters. The molecule has 140 valence electrons. The SMILES string of the molecule is CC(C)N1CCC(N(C)C(=O)CSc2ccc(C(C)(C)C)cc2)CC1. The van der Waals surface area contributed by atoms with Crippen LogP contribution in [-0.4, -0.2) is 53.7 Å². The normalized spacial score (nSPS) is 17.1. The third kappa shape index (κ3) is 5.75. The van der Waals surface area contributed by atoms with Crippen LogP contribution in [0.4, 0.5) is 0 Å². The number of hydrogen-bond donors (Lipinski definition) is 0. The number of piperidine rings is 1. The molecule has 1 aromatic carbocycles. The van der Waals surface area contributed by atoms with E-state index in [2.05, 4.69) is 63.8 Å². The summed E-state index contributed by atoms with van der Waals surface area (Å²) >= 11 is 1.64. The number of likely N-dealkylation sites (tertiary alicyclic amines) is 1. The summed E-state index contributed by atoms with van der Waals surface area (Å²) in [6, 6.07) is 9.63. The zero-order valence-electron chi connectivity index (χ0n) is 16.7. The Hall–Kier alpha value is -1.00.